The molecule has 0 unspecified atom stereocenters. The molecule has 3 rings (SSSR count). The van der Waals surface area contributed by atoms with Crippen molar-refractivity contribution in [2.75, 3.05) is 0 Å². The standard InChI is InChI=1S/C14H10N2/c1-2-4-14-12(3-1)9-13(10-16-14)11-5-7-15-8-6-11/h1-10H. The van der Waals surface area contributed by atoms with Crippen molar-refractivity contribution < 1.29 is 0 Å². The molecular formula is C14H10N2. The molecule has 0 spiro atoms. The summed E-state index contributed by atoms with van der Waals surface area (Å²) in [6.07, 6.45) is 5.49. The molecule has 0 saturated carbocycles. The van der Waals surface area contributed by atoms with E-state index < -0.39 is 0 Å². The number of nitrogens with zero attached hydrogens (tertiary/aromatic N) is 2. The van der Waals surface area contributed by atoms with Gasteiger partial charge in [-0.05, 0) is 29.8 Å². The largest absolute Gasteiger partial charge is 0.265 e. The molecule has 0 aliphatic carbocycles. The van der Waals surface area contributed by atoms with Gasteiger partial charge in [0.25, 0.3) is 0 Å². The number of rotatable bonds is 1. The lowest BCUT2D eigenvalue weighted by molar-refractivity contribution is 1.32. The van der Waals surface area contributed by atoms with Gasteiger partial charge in [0.2, 0.25) is 0 Å². The Bertz CT molecular complexity index is 618. The Balaban J connectivity index is 2.19. The first-order valence-electron chi connectivity index (χ1n) is 5.19. The lowest BCUT2D eigenvalue weighted by Crippen LogP contribution is -1.82. The fourth-order valence-corrected chi connectivity index (χ4v) is 1.77. The molecule has 0 amide bonds. The van der Waals surface area contributed by atoms with Gasteiger partial charge in [-0.1, -0.05) is 18.2 Å². The molecule has 0 atom stereocenters. The average Bonchev–Trinajstić information content (AvgIpc) is 2.39. The summed E-state index contributed by atoms with van der Waals surface area (Å²) in [5, 5.41) is 1.16. The van der Waals surface area contributed by atoms with Crippen LogP contribution in [0.15, 0.2) is 61.1 Å². The smallest absolute Gasteiger partial charge is 0.0702 e. The Labute approximate surface area is 93.6 Å². The first kappa shape index (κ1) is 9.04. The van der Waals surface area contributed by atoms with Crippen molar-refractivity contribution in [1.29, 1.82) is 0 Å². The van der Waals surface area contributed by atoms with Crippen molar-refractivity contribution in [2.24, 2.45) is 0 Å². The highest BCUT2D eigenvalue weighted by atomic mass is 14.7. The Morgan fingerprint density at radius 1 is 0.812 bits per heavy atom. The zero-order valence-electron chi connectivity index (χ0n) is 8.67. The fraction of sp³-hybridized carbons (Fsp3) is 0. The molecule has 2 heteroatoms. The molecule has 16 heavy (non-hydrogen) atoms. The molecule has 0 bridgehead atoms. The highest BCUT2D eigenvalue weighted by molar-refractivity contribution is 5.83. The van der Waals surface area contributed by atoms with E-state index in [-0.39, 0.29) is 0 Å². The zero-order valence-corrected chi connectivity index (χ0v) is 8.67. The summed E-state index contributed by atoms with van der Waals surface area (Å²) < 4.78 is 0. The van der Waals surface area contributed by atoms with Crippen molar-refractivity contribution in [3.8, 4) is 11.1 Å². The molecule has 2 heterocycles. The van der Waals surface area contributed by atoms with Gasteiger partial charge in [-0.15, -0.1) is 0 Å². The van der Waals surface area contributed by atoms with Crippen molar-refractivity contribution in [3.63, 3.8) is 0 Å². The van der Waals surface area contributed by atoms with Gasteiger partial charge >= 0.3 is 0 Å². The van der Waals surface area contributed by atoms with Crippen LogP contribution < -0.4 is 0 Å². The molecule has 0 N–H and O–H groups in total. The summed E-state index contributed by atoms with van der Waals surface area (Å²) in [7, 11) is 0. The minimum atomic E-state index is 1.03. The van der Waals surface area contributed by atoms with E-state index in [9.17, 15) is 0 Å². The number of hydrogen-bond donors (Lipinski definition) is 0. The monoisotopic (exact) mass is 206 g/mol. The van der Waals surface area contributed by atoms with Crippen molar-refractivity contribution in [1.82, 2.24) is 9.97 Å². The maximum absolute atomic E-state index is 4.44. The van der Waals surface area contributed by atoms with Crippen LogP contribution in [-0.2, 0) is 0 Å². The van der Waals surface area contributed by atoms with Crippen LogP contribution in [0.5, 0.6) is 0 Å². The second-order valence-electron chi connectivity index (χ2n) is 3.65. The molecule has 2 aromatic heterocycles. The first-order valence-corrected chi connectivity index (χ1v) is 5.19. The van der Waals surface area contributed by atoms with Crippen LogP contribution in [0.4, 0.5) is 0 Å². The molecule has 2 nitrogen and oxygen atoms in total. The van der Waals surface area contributed by atoms with E-state index in [0.29, 0.717) is 0 Å². The average molecular weight is 206 g/mol. The highest BCUT2D eigenvalue weighted by Gasteiger charge is 1.99. The summed E-state index contributed by atoms with van der Waals surface area (Å²) in [4.78, 5) is 8.45. The van der Waals surface area contributed by atoms with E-state index in [1.807, 2.05) is 36.5 Å². The number of benzene rings is 1. The van der Waals surface area contributed by atoms with Gasteiger partial charge in [-0.3, -0.25) is 9.97 Å². The third-order valence-electron chi connectivity index (χ3n) is 2.60. The molecule has 76 valence electrons. The number of hydrogen-bond acceptors (Lipinski definition) is 2. The first-order chi connectivity index (χ1) is 7.93. The summed E-state index contributed by atoms with van der Waals surface area (Å²) in [5.41, 5.74) is 3.30. The summed E-state index contributed by atoms with van der Waals surface area (Å²) >= 11 is 0. The highest BCUT2D eigenvalue weighted by Crippen LogP contribution is 2.21. The predicted octanol–water partition coefficient (Wildman–Crippen LogP) is 3.30. The van der Waals surface area contributed by atoms with Crippen LogP contribution in [0.25, 0.3) is 22.0 Å². The van der Waals surface area contributed by atoms with Gasteiger partial charge < -0.3 is 0 Å². The molecule has 0 saturated heterocycles. The van der Waals surface area contributed by atoms with Gasteiger partial charge in [0.05, 0.1) is 5.52 Å². The normalized spacial score (nSPS) is 10.5. The van der Waals surface area contributed by atoms with Crippen LogP contribution in [-0.4, -0.2) is 9.97 Å². The van der Waals surface area contributed by atoms with Gasteiger partial charge in [0.15, 0.2) is 0 Å². The molecule has 0 aliphatic rings. The van der Waals surface area contributed by atoms with Crippen LogP contribution >= 0.6 is 0 Å². The second-order valence-corrected chi connectivity index (χ2v) is 3.65. The number of pyridine rings is 2. The van der Waals surface area contributed by atoms with Gasteiger partial charge in [0.1, 0.15) is 0 Å². The van der Waals surface area contributed by atoms with E-state index in [1.165, 1.54) is 0 Å². The van der Waals surface area contributed by atoms with Crippen LogP contribution in [0.3, 0.4) is 0 Å². The molecule has 0 aliphatic heterocycles. The van der Waals surface area contributed by atoms with E-state index in [0.717, 1.165) is 22.0 Å². The molecule has 0 radical (unpaired) electrons. The Hall–Kier alpha value is -2.22. The van der Waals surface area contributed by atoms with Crippen LogP contribution in [0.2, 0.25) is 0 Å². The summed E-state index contributed by atoms with van der Waals surface area (Å²) in [5.74, 6) is 0. The SMILES string of the molecule is c1ccc2ncc(-c3ccncc3)cc2c1. The lowest BCUT2D eigenvalue weighted by atomic mass is 10.1. The van der Waals surface area contributed by atoms with E-state index in [4.69, 9.17) is 0 Å². The fourth-order valence-electron chi connectivity index (χ4n) is 1.77. The number of aromatic nitrogens is 2. The third-order valence-corrected chi connectivity index (χ3v) is 2.60. The Morgan fingerprint density at radius 2 is 1.62 bits per heavy atom. The molecule has 1 aromatic carbocycles. The topological polar surface area (TPSA) is 25.8 Å². The third kappa shape index (κ3) is 1.54. The lowest BCUT2D eigenvalue weighted by Gasteiger charge is -2.02. The van der Waals surface area contributed by atoms with E-state index in [1.54, 1.807) is 12.4 Å². The minimum Gasteiger partial charge on any atom is -0.265 e. The van der Waals surface area contributed by atoms with Crippen molar-refractivity contribution in [3.05, 3.63) is 61.1 Å². The van der Waals surface area contributed by atoms with Crippen LogP contribution in [0.1, 0.15) is 0 Å². The molecular weight excluding hydrogens is 196 g/mol. The maximum Gasteiger partial charge on any atom is 0.0702 e. The number of para-hydroxylation sites is 1. The zero-order chi connectivity index (χ0) is 10.8. The molecule has 0 fully saturated rings. The maximum atomic E-state index is 4.44. The predicted molar refractivity (Wildman–Crippen MR) is 65.0 cm³/mol. The Morgan fingerprint density at radius 3 is 2.50 bits per heavy atom. The van der Waals surface area contributed by atoms with Gasteiger partial charge in [0, 0.05) is 29.5 Å². The van der Waals surface area contributed by atoms with E-state index >= 15 is 0 Å². The van der Waals surface area contributed by atoms with Gasteiger partial charge in [-0.25, -0.2) is 0 Å². The molecule has 3 aromatic rings. The summed E-state index contributed by atoms with van der Waals surface area (Å²) in [6, 6.07) is 14.3. The van der Waals surface area contributed by atoms with Crippen molar-refractivity contribution in [2.45, 2.75) is 0 Å². The Kier molecular flexibility index (Phi) is 2.11. The second kappa shape index (κ2) is 3.74. The van der Waals surface area contributed by atoms with Crippen LogP contribution in [0, 0.1) is 0 Å². The van der Waals surface area contributed by atoms with Gasteiger partial charge in [-0.2, -0.15) is 0 Å². The quantitative estimate of drug-likeness (QED) is 0.610. The summed E-state index contributed by atoms with van der Waals surface area (Å²) in [6.45, 7) is 0. The van der Waals surface area contributed by atoms with E-state index in [2.05, 4.69) is 22.1 Å². The minimum absolute atomic E-state index is 1.03. The number of fused-ring (bicyclic) bond motifs is 1. The van der Waals surface area contributed by atoms with Crippen molar-refractivity contribution >= 4 is 10.9 Å².